The lowest BCUT2D eigenvalue weighted by Gasteiger charge is -2.20. The van der Waals surface area contributed by atoms with E-state index in [0.717, 1.165) is 11.1 Å². The molecule has 0 aliphatic rings. The summed E-state index contributed by atoms with van der Waals surface area (Å²) in [5.41, 5.74) is 0.786. The summed E-state index contributed by atoms with van der Waals surface area (Å²) >= 11 is 5.93. The molecule has 0 aromatic heterocycles. The first kappa shape index (κ1) is 11.1. The highest BCUT2D eigenvalue weighted by Gasteiger charge is 2.29. The van der Waals surface area contributed by atoms with Crippen molar-refractivity contribution >= 4 is 17.6 Å². The van der Waals surface area contributed by atoms with Gasteiger partial charge in [0.05, 0.1) is 5.41 Å². The fraction of sp³-hybridized carbons (Fsp3) is 0.364. The Hall–Kier alpha value is -1.02. The van der Waals surface area contributed by atoms with Crippen LogP contribution in [-0.4, -0.2) is 11.1 Å². The van der Waals surface area contributed by atoms with Gasteiger partial charge in [0.1, 0.15) is 0 Å². The number of halogens is 1. The van der Waals surface area contributed by atoms with Gasteiger partial charge in [0.25, 0.3) is 0 Å². The highest BCUT2D eigenvalue weighted by Crippen LogP contribution is 2.27. The van der Waals surface area contributed by atoms with Crippen molar-refractivity contribution in [1.82, 2.24) is 0 Å². The molecule has 0 aliphatic heterocycles. The summed E-state index contributed by atoms with van der Waals surface area (Å²) in [6.07, 6.45) is 0. The van der Waals surface area contributed by atoms with E-state index in [1.54, 1.807) is 26.0 Å². The van der Waals surface area contributed by atoms with Crippen LogP contribution < -0.4 is 0 Å². The van der Waals surface area contributed by atoms with Gasteiger partial charge in [0.15, 0.2) is 0 Å². The van der Waals surface area contributed by atoms with Gasteiger partial charge in [0.2, 0.25) is 0 Å². The fourth-order valence-corrected chi connectivity index (χ4v) is 1.29. The Bertz CT molecular complexity index is 370. The third-order valence-corrected chi connectivity index (χ3v) is 2.84. The van der Waals surface area contributed by atoms with Gasteiger partial charge >= 0.3 is 5.97 Å². The molecule has 2 nitrogen and oxygen atoms in total. The third kappa shape index (κ3) is 1.90. The molecule has 1 aromatic rings. The lowest BCUT2D eigenvalue weighted by molar-refractivity contribution is -0.142. The maximum Gasteiger partial charge on any atom is 0.313 e. The first-order chi connectivity index (χ1) is 6.35. The normalized spacial score (nSPS) is 11.4. The second-order valence-electron chi connectivity index (χ2n) is 3.89. The number of hydrogen-bond acceptors (Lipinski definition) is 1. The predicted molar refractivity (Wildman–Crippen MR) is 56.9 cm³/mol. The van der Waals surface area contributed by atoms with E-state index in [4.69, 9.17) is 16.7 Å². The van der Waals surface area contributed by atoms with E-state index in [2.05, 4.69) is 0 Å². The zero-order chi connectivity index (χ0) is 10.9. The van der Waals surface area contributed by atoms with Crippen molar-refractivity contribution in [2.45, 2.75) is 26.2 Å². The molecule has 1 aromatic carbocycles. The molecule has 0 atom stereocenters. The van der Waals surface area contributed by atoms with Crippen molar-refractivity contribution in [1.29, 1.82) is 0 Å². The zero-order valence-electron chi connectivity index (χ0n) is 8.47. The van der Waals surface area contributed by atoms with Crippen molar-refractivity contribution in [2.24, 2.45) is 0 Å². The van der Waals surface area contributed by atoms with Crippen molar-refractivity contribution in [2.75, 3.05) is 0 Å². The van der Waals surface area contributed by atoms with Gasteiger partial charge < -0.3 is 5.11 Å². The Morgan fingerprint density at radius 3 is 2.43 bits per heavy atom. The zero-order valence-corrected chi connectivity index (χ0v) is 9.22. The molecule has 0 amide bonds. The summed E-state index contributed by atoms with van der Waals surface area (Å²) in [5.74, 6) is -0.850. The standard InChI is InChI=1S/C11H13ClO2/c1-7-4-5-8(6-9(7)12)11(2,3)10(13)14/h4-6H,1-3H3,(H,13,14). The Morgan fingerprint density at radius 1 is 1.43 bits per heavy atom. The molecule has 0 heterocycles. The molecule has 1 N–H and O–H groups in total. The monoisotopic (exact) mass is 212 g/mol. The highest BCUT2D eigenvalue weighted by molar-refractivity contribution is 6.31. The van der Waals surface area contributed by atoms with Crippen LogP contribution in [0.2, 0.25) is 5.02 Å². The van der Waals surface area contributed by atoms with Crippen LogP contribution in [-0.2, 0) is 10.2 Å². The first-order valence-corrected chi connectivity index (χ1v) is 4.73. The number of aliphatic carboxylic acids is 1. The number of benzene rings is 1. The van der Waals surface area contributed by atoms with E-state index in [1.807, 2.05) is 13.0 Å². The van der Waals surface area contributed by atoms with Crippen LogP contribution >= 0.6 is 11.6 Å². The highest BCUT2D eigenvalue weighted by atomic mass is 35.5. The average molecular weight is 213 g/mol. The molecule has 3 heteroatoms. The van der Waals surface area contributed by atoms with Gasteiger partial charge in [0, 0.05) is 5.02 Å². The maximum atomic E-state index is 11.0. The summed E-state index contributed by atoms with van der Waals surface area (Å²) in [7, 11) is 0. The van der Waals surface area contributed by atoms with Gasteiger partial charge in [-0.15, -0.1) is 0 Å². The summed E-state index contributed by atoms with van der Waals surface area (Å²) in [5, 5.41) is 9.62. The number of carboxylic acids is 1. The first-order valence-electron chi connectivity index (χ1n) is 4.35. The summed E-state index contributed by atoms with van der Waals surface area (Å²) in [6.45, 7) is 5.21. The molecule has 0 spiro atoms. The van der Waals surface area contributed by atoms with Crippen molar-refractivity contribution in [3.8, 4) is 0 Å². The number of rotatable bonds is 2. The summed E-state index contributed by atoms with van der Waals surface area (Å²) in [4.78, 5) is 11.0. The minimum absolute atomic E-state index is 0.608. The molecule has 0 fully saturated rings. The second kappa shape index (κ2) is 3.62. The minimum Gasteiger partial charge on any atom is -0.481 e. The van der Waals surface area contributed by atoms with Gasteiger partial charge in [-0.25, -0.2) is 0 Å². The Kier molecular flexibility index (Phi) is 2.86. The topological polar surface area (TPSA) is 37.3 Å². The van der Waals surface area contributed by atoms with Gasteiger partial charge in [-0.2, -0.15) is 0 Å². The lowest BCUT2D eigenvalue weighted by atomic mass is 9.84. The molecule has 0 radical (unpaired) electrons. The predicted octanol–water partition coefficient (Wildman–Crippen LogP) is 3.01. The number of aryl methyl sites for hydroxylation is 1. The smallest absolute Gasteiger partial charge is 0.313 e. The molecule has 0 saturated carbocycles. The Labute approximate surface area is 88.5 Å². The van der Waals surface area contributed by atoms with Gasteiger partial charge in [-0.05, 0) is 38.0 Å². The summed E-state index contributed by atoms with van der Waals surface area (Å²) < 4.78 is 0. The van der Waals surface area contributed by atoms with Gasteiger partial charge in [-0.1, -0.05) is 23.7 Å². The molecule has 0 aliphatic carbocycles. The van der Waals surface area contributed by atoms with Crippen molar-refractivity contribution in [3.05, 3.63) is 34.3 Å². The number of carboxylic acid groups (broad SMARTS) is 1. The van der Waals surface area contributed by atoms with Crippen LogP contribution in [0.15, 0.2) is 18.2 Å². The van der Waals surface area contributed by atoms with E-state index in [1.165, 1.54) is 0 Å². The van der Waals surface area contributed by atoms with E-state index >= 15 is 0 Å². The van der Waals surface area contributed by atoms with Gasteiger partial charge in [-0.3, -0.25) is 4.79 Å². The Balaban J connectivity index is 3.21. The summed E-state index contributed by atoms with van der Waals surface area (Å²) in [6, 6.07) is 5.35. The second-order valence-corrected chi connectivity index (χ2v) is 4.30. The van der Waals surface area contributed by atoms with Crippen LogP contribution in [0.25, 0.3) is 0 Å². The maximum absolute atomic E-state index is 11.0. The SMILES string of the molecule is Cc1ccc(C(C)(C)C(=O)O)cc1Cl. The van der Waals surface area contributed by atoms with Crippen LogP contribution in [0.1, 0.15) is 25.0 Å². The number of hydrogen-bond donors (Lipinski definition) is 1. The molecule has 1 rings (SSSR count). The molecule has 14 heavy (non-hydrogen) atoms. The van der Waals surface area contributed by atoms with E-state index in [-0.39, 0.29) is 0 Å². The molecule has 76 valence electrons. The average Bonchev–Trinajstić information content (AvgIpc) is 2.09. The van der Waals surface area contributed by atoms with Crippen LogP contribution in [0.3, 0.4) is 0 Å². The molecule has 0 unspecified atom stereocenters. The fourth-order valence-electron chi connectivity index (χ4n) is 1.11. The van der Waals surface area contributed by atoms with Crippen molar-refractivity contribution in [3.63, 3.8) is 0 Å². The van der Waals surface area contributed by atoms with Crippen LogP contribution in [0.4, 0.5) is 0 Å². The number of carbonyl (C=O) groups is 1. The van der Waals surface area contributed by atoms with Crippen LogP contribution in [0.5, 0.6) is 0 Å². The minimum atomic E-state index is -0.892. The van der Waals surface area contributed by atoms with Crippen LogP contribution in [0, 0.1) is 6.92 Å². The van der Waals surface area contributed by atoms with E-state index < -0.39 is 11.4 Å². The quantitative estimate of drug-likeness (QED) is 0.818. The van der Waals surface area contributed by atoms with E-state index in [0.29, 0.717) is 5.02 Å². The molecular formula is C11H13ClO2. The lowest BCUT2D eigenvalue weighted by Crippen LogP contribution is -2.28. The molecular weight excluding hydrogens is 200 g/mol. The largest absolute Gasteiger partial charge is 0.481 e. The molecule has 0 saturated heterocycles. The van der Waals surface area contributed by atoms with E-state index in [9.17, 15) is 4.79 Å². The molecule has 0 bridgehead atoms. The van der Waals surface area contributed by atoms with Crippen molar-refractivity contribution < 1.29 is 9.90 Å². The Morgan fingerprint density at radius 2 is 2.00 bits per heavy atom. The third-order valence-electron chi connectivity index (χ3n) is 2.43.